The van der Waals surface area contributed by atoms with E-state index < -0.39 is 6.04 Å². The Morgan fingerprint density at radius 3 is 2.20 bits per heavy atom. The molecule has 0 bridgehead atoms. The molecule has 3 fully saturated rings. The summed E-state index contributed by atoms with van der Waals surface area (Å²) in [4.78, 5) is 35.4. The Morgan fingerprint density at radius 1 is 0.704 bits per heavy atom. The van der Waals surface area contributed by atoms with E-state index >= 15 is 0 Å². The lowest BCUT2D eigenvalue weighted by molar-refractivity contribution is -0.126. The lowest BCUT2D eigenvalue weighted by atomic mass is 9.69. The highest BCUT2D eigenvalue weighted by Gasteiger charge is 2.39. The summed E-state index contributed by atoms with van der Waals surface area (Å²) in [6, 6.07) is 32.1. The molecule has 9 rings (SSSR count). The monoisotopic (exact) mass is 721 g/mol. The van der Waals surface area contributed by atoms with Crippen molar-refractivity contribution in [1.82, 2.24) is 15.1 Å². The minimum absolute atomic E-state index is 0.0333. The predicted octanol–water partition coefficient (Wildman–Crippen LogP) is 7.04. The average molecular weight is 722 g/mol. The maximum atomic E-state index is 13.4. The summed E-state index contributed by atoms with van der Waals surface area (Å²) in [6.45, 7) is 11.6. The normalized spacial score (nSPS) is 23.7. The van der Waals surface area contributed by atoms with E-state index in [4.69, 9.17) is 0 Å². The van der Waals surface area contributed by atoms with Gasteiger partial charge in [-0.15, -0.1) is 0 Å². The molecule has 4 aromatic rings. The number of nitrogens with zero attached hydrogens (tertiary/aromatic N) is 4. The number of aromatic hydroxyl groups is 1. The number of carbonyl (C=O) groups excluding carboxylic acids is 2. The molecule has 8 nitrogen and oxygen atoms in total. The Bertz CT molecular complexity index is 2030. The molecule has 4 aliphatic heterocycles. The molecule has 0 radical (unpaired) electrons. The zero-order chi connectivity index (χ0) is 36.8. The molecule has 0 saturated carbocycles. The summed E-state index contributed by atoms with van der Waals surface area (Å²) < 4.78 is 0. The van der Waals surface area contributed by atoms with Gasteiger partial charge in [-0.3, -0.25) is 14.5 Å². The first kappa shape index (κ1) is 34.7. The van der Waals surface area contributed by atoms with E-state index in [0.717, 1.165) is 81.2 Å². The molecule has 278 valence electrons. The van der Waals surface area contributed by atoms with Gasteiger partial charge < -0.3 is 25.1 Å². The van der Waals surface area contributed by atoms with Crippen molar-refractivity contribution in [3.63, 3.8) is 0 Å². The molecule has 1 aliphatic carbocycles. The van der Waals surface area contributed by atoms with Crippen molar-refractivity contribution < 1.29 is 14.7 Å². The Kier molecular flexibility index (Phi) is 9.39. The summed E-state index contributed by atoms with van der Waals surface area (Å²) in [6.07, 6.45) is 5.80. The molecule has 4 aromatic carbocycles. The number of hydrogen-bond acceptors (Lipinski definition) is 6. The first-order chi connectivity index (χ1) is 26.4. The van der Waals surface area contributed by atoms with Crippen LogP contribution in [-0.2, 0) is 17.8 Å². The highest BCUT2D eigenvalue weighted by Crippen LogP contribution is 2.47. The largest absolute Gasteiger partial charge is 0.508 e. The topological polar surface area (TPSA) is 79.4 Å². The van der Waals surface area contributed by atoms with Gasteiger partial charge in [-0.2, -0.15) is 0 Å². The highest BCUT2D eigenvalue weighted by molar-refractivity contribution is 6.02. The maximum absolute atomic E-state index is 13.4. The number of anilines is 2. The summed E-state index contributed by atoms with van der Waals surface area (Å²) in [5.41, 5.74) is 10.3. The number of piperidine rings is 2. The molecule has 4 heterocycles. The summed E-state index contributed by atoms with van der Waals surface area (Å²) in [5, 5.41) is 13.1. The van der Waals surface area contributed by atoms with Crippen molar-refractivity contribution in [2.45, 2.75) is 62.9 Å². The van der Waals surface area contributed by atoms with Crippen LogP contribution in [0.2, 0.25) is 0 Å². The minimum Gasteiger partial charge on any atom is -0.508 e. The smallest absolute Gasteiger partial charge is 0.255 e. The van der Waals surface area contributed by atoms with Crippen LogP contribution in [0.25, 0.3) is 0 Å². The van der Waals surface area contributed by atoms with Crippen LogP contribution in [0.15, 0.2) is 103 Å². The molecule has 5 aliphatic rings. The zero-order valence-corrected chi connectivity index (χ0v) is 31.1. The van der Waals surface area contributed by atoms with Crippen molar-refractivity contribution in [2.24, 2.45) is 5.92 Å². The molecule has 2 amide bonds. The molecule has 2 N–H and O–H groups in total. The molecule has 3 saturated heterocycles. The average Bonchev–Trinajstić information content (AvgIpc) is 3.53. The van der Waals surface area contributed by atoms with Gasteiger partial charge in [-0.05, 0) is 115 Å². The molecule has 0 aromatic heterocycles. The van der Waals surface area contributed by atoms with Gasteiger partial charge in [0.25, 0.3) is 5.91 Å². The van der Waals surface area contributed by atoms with Crippen LogP contribution >= 0.6 is 0 Å². The molecular weight excluding hydrogens is 671 g/mol. The number of phenolic OH excluding ortho intramolecular Hbond substituents is 1. The molecule has 8 heteroatoms. The van der Waals surface area contributed by atoms with Gasteiger partial charge in [0.1, 0.15) is 11.8 Å². The van der Waals surface area contributed by atoms with Crippen LogP contribution in [0.5, 0.6) is 5.75 Å². The molecular formula is C46H51N5O3. The first-order valence-corrected chi connectivity index (χ1v) is 20.0. The second kappa shape index (κ2) is 14.6. The second-order valence-electron chi connectivity index (χ2n) is 16.1. The summed E-state index contributed by atoms with van der Waals surface area (Å²) >= 11 is 0. The fourth-order valence-corrected chi connectivity index (χ4v) is 9.92. The van der Waals surface area contributed by atoms with Crippen molar-refractivity contribution in [2.75, 3.05) is 55.6 Å². The number of nitrogens with one attached hydrogen (secondary N) is 1. The quantitative estimate of drug-likeness (QED) is 0.213. The third-order valence-corrected chi connectivity index (χ3v) is 12.9. The number of rotatable bonds is 7. The zero-order valence-electron chi connectivity index (χ0n) is 31.1. The number of carbonyl (C=O) groups is 2. The first-order valence-electron chi connectivity index (χ1n) is 20.0. The summed E-state index contributed by atoms with van der Waals surface area (Å²) in [5.74, 6) is 1.58. The Balaban J connectivity index is 0.782. The number of benzene rings is 4. The van der Waals surface area contributed by atoms with Crippen LogP contribution < -0.4 is 15.1 Å². The Morgan fingerprint density at radius 2 is 1.44 bits per heavy atom. The Hall–Kier alpha value is -5.08. The fourth-order valence-electron chi connectivity index (χ4n) is 9.92. The van der Waals surface area contributed by atoms with Crippen LogP contribution in [-0.4, -0.2) is 78.6 Å². The predicted molar refractivity (Wildman–Crippen MR) is 214 cm³/mol. The number of phenols is 1. The van der Waals surface area contributed by atoms with E-state index in [2.05, 4.69) is 105 Å². The fraction of sp³-hybridized carbons (Fsp3) is 0.391. The molecule has 0 spiro atoms. The van der Waals surface area contributed by atoms with Crippen molar-refractivity contribution >= 4 is 23.2 Å². The van der Waals surface area contributed by atoms with Crippen molar-refractivity contribution in [3.8, 4) is 5.75 Å². The second-order valence-corrected chi connectivity index (χ2v) is 16.1. The third kappa shape index (κ3) is 6.77. The number of fused-ring (bicyclic) bond motifs is 2. The van der Waals surface area contributed by atoms with Gasteiger partial charge in [0.2, 0.25) is 5.91 Å². The van der Waals surface area contributed by atoms with E-state index in [1.165, 1.54) is 40.8 Å². The minimum atomic E-state index is -0.425. The summed E-state index contributed by atoms with van der Waals surface area (Å²) in [7, 11) is 0. The maximum Gasteiger partial charge on any atom is 0.255 e. The highest BCUT2D eigenvalue weighted by atomic mass is 16.3. The Labute approximate surface area is 319 Å². The van der Waals surface area contributed by atoms with Gasteiger partial charge in [0.15, 0.2) is 0 Å². The van der Waals surface area contributed by atoms with Crippen LogP contribution in [0.3, 0.4) is 0 Å². The third-order valence-electron chi connectivity index (χ3n) is 12.9. The number of hydrogen-bond donors (Lipinski definition) is 2. The van der Waals surface area contributed by atoms with Crippen molar-refractivity contribution in [3.05, 3.63) is 137 Å². The number of piperazine rings is 1. The van der Waals surface area contributed by atoms with E-state index in [9.17, 15) is 14.7 Å². The molecule has 54 heavy (non-hydrogen) atoms. The van der Waals surface area contributed by atoms with Gasteiger partial charge in [-0.25, -0.2) is 0 Å². The van der Waals surface area contributed by atoms with E-state index in [-0.39, 0.29) is 17.7 Å². The van der Waals surface area contributed by atoms with E-state index in [1.807, 2.05) is 12.1 Å². The lowest BCUT2D eigenvalue weighted by Gasteiger charge is -2.40. The lowest BCUT2D eigenvalue weighted by Crippen LogP contribution is -2.49. The van der Waals surface area contributed by atoms with Crippen LogP contribution in [0.1, 0.15) is 82.1 Å². The van der Waals surface area contributed by atoms with Gasteiger partial charge in [0, 0.05) is 80.9 Å². The molecule has 1 unspecified atom stereocenters. The van der Waals surface area contributed by atoms with Crippen LogP contribution in [0, 0.1) is 5.92 Å². The standard InChI is InChI=1S/C46H51N5O3/c1-31-7-18-43(45(53)47-31)51-30-36-10-14-38(28-42(36)46(51)54)50-25-23-48(24-26-50)29-32-19-21-49(22-20-32)37-12-8-34(9-13-37)44-40(33-5-3-2-4-6-33)16-11-35-27-39(52)15-17-41(35)44/h2-6,8-10,12-15,17,27-28,32,40,43-44,52H,1,7,11,16,18-26,29-30H2,(H,47,53)/t40-,43?,44+/m1/s1. The number of amides is 2. The van der Waals surface area contributed by atoms with Gasteiger partial charge in [0.05, 0.1) is 0 Å². The van der Waals surface area contributed by atoms with E-state index in [0.29, 0.717) is 37.0 Å². The van der Waals surface area contributed by atoms with Gasteiger partial charge >= 0.3 is 0 Å². The van der Waals surface area contributed by atoms with E-state index in [1.54, 1.807) is 4.90 Å². The number of allylic oxidation sites excluding steroid dienone is 1. The SMILES string of the molecule is C=C1CCC(N2Cc3ccc(N4CCN(CC5CCN(c6ccc([C@@H]7c8ccc(O)cc8CC[C@@H]7c7ccccc7)cc6)CC5)CC4)cc3C2=O)C(=O)N1. The van der Waals surface area contributed by atoms with Crippen LogP contribution in [0.4, 0.5) is 11.4 Å². The van der Waals surface area contributed by atoms with Gasteiger partial charge in [-0.1, -0.05) is 61.2 Å². The number of aryl methyl sites for hydroxylation is 1. The molecule has 3 atom stereocenters. The van der Waals surface area contributed by atoms with Crippen molar-refractivity contribution in [1.29, 1.82) is 0 Å².